The minimum absolute atomic E-state index is 0.0944. The molecule has 21 heavy (non-hydrogen) atoms. The Morgan fingerprint density at radius 1 is 1.05 bits per heavy atom. The third kappa shape index (κ3) is 3.14. The van der Waals surface area contributed by atoms with E-state index in [1.165, 1.54) is 32.1 Å². The van der Waals surface area contributed by atoms with Gasteiger partial charge in [0.1, 0.15) is 0 Å². The zero-order chi connectivity index (χ0) is 15.3. The Bertz CT molecular complexity index is 406. The molecule has 0 aromatic carbocycles. The summed E-state index contributed by atoms with van der Waals surface area (Å²) in [5, 5.41) is 0. The van der Waals surface area contributed by atoms with Crippen LogP contribution < -0.4 is 0 Å². The molecule has 2 unspecified atom stereocenters. The predicted molar refractivity (Wildman–Crippen MR) is 86.9 cm³/mol. The first-order valence-corrected chi connectivity index (χ1v) is 9.07. The average Bonchev–Trinajstić information content (AvgIpc) is 2.31. The summed E-state index contributed by atoms with van der Waals surface area (Å²) in [7, 11) is 0. The van der Waals surface area contributed by atoms with Gasteiger partial charge in [-0.1, -0.05) is 27.7 Å². The fourth-order valence-corrected chi connectivity index (χ4v) is 5.53. The molecule has 1 amide bonds. The number of likely N-dealkylation sites (tertiary alicyclic amines) is 1. The first-order valence-electron chi connectivity index (χ1n) is 9.07. The summed E-state index contributed by atoms with van der Waals surface area (Å²) >= 11 is 0. The summed E-state index contributed by atoms with van der Waals surface area (Å²) in [6.07, 6.45) is 8.81. The topological polar surface area (TPSA) is 20.3 Å². The SMILES string of the molecule is CC1CC2CC(C2)CC(C)(C(=O)N2CCCC(C)(C)C2)C1. The van der Waals surface area contributed by atoms with Crippen LogP contribution in [0.5, 0.6) is 0 Å². The summed E-state index contributed by atoms with van der Waals surface area (Å²) in [6.45, 7) is 11.2. The lowest BCUT2D eigenvalue weighted by atomic mass is 9.59. The quantitative estimate of drug-likeness (QED) is 0.697. The Labute approximate surface area is 130 Å². The lowest BCUT2D eigenvalue weighted by Gasteiger charge is -2.49. The van der Waals surface area contributed by atoms with Crippen LogP contribution >= 0.6 is 0 Å². The molecule has 2 atom stereocenters. The number of hydrogen-bond acceptors (Lipinski definition) is 1. The molecule has 2 heteroatoms. The molecule has 2 nitrogen and oxygen atoms in total. The Hall–Kier alpha value is -0.530. The van der Waals surface area contributed by atoms with Crippen molar-refractivity contribution in [2.24, 2.45) is 28.6 Å². The second-order valence-corrected chi connectivity index (χ2v) is 9.51. The second kappa shape index (κ2) is 5.28. The second-order valence-electron chi connectivity index (χ2n) is 9.51. The van der Waals surface area contributed by atoms with Crippen LogP contribution in [0.4, 0.5) is 0 Å². The standard InChI is InChI=1S/C19H33NO/c1-14-8-15-9-16(10-15)12-19(4,11-14)17(21)20-7-5-6-18(2,3)13-20/h14-16H,5-13H2,1-4H3. The molecule has 4 aliphatic rings. The summed E-state index contributed by atoms with van der Waals surface area (Å²) in [5.74, 6) is 2.98. The molecule has 3 aliphatic carbocycles. The lowest BCUT2D eigenvalue weighted by Crippen LogP contribution is -2.51. The van der Waals surface area contributed by atoms with E-state index in [0.717, 1.165) is 37.8 Å². The van der Waals surface area contributed by atoms with Crippen LogP contribution in [-0.4, -0.2) is 23.9 Å². The fraction of sp³-hybridized carbons (Fsp3) is 0.947. The highest BCUT2D eigenvalue weighted by atomic mass is 16.2. The van der Waals surface area contributed by atoms with Crippen LogP contribution in [-0.2, 0) is 4.79 Å². The number of rotatable bonds is 1. The van der Waals surface area contributed by atoms with E-state index in [9.17, 15) is 4.79 Å². The average molecular weight is 291 g/mol. The van der Waals surface area contributed by atoms with Gasteiger partial charge in [0.25, 0.3) is 0 Å². The molecule has 0 aromatic heterocycles. The fourth-order valence-electron chi connectivity index (χ4n) is 5.53. The van der Waals surface area contributed by atoms with Crippen LogP contribution in [0, 0.1) is 28.6 Å². The third-order valence-corrected chi connectivity index (χ3v) is 6.31. The molecule has 0 spiro atoms. The highest BCUT2D eigenvalue weighted by Crippen LogP contribution is 2.51. The third-order valence-electron chi connectivity index (χ3n) is 6.31. The van der Waals surface area contributed by atoms with E-state index in [1.807, 2.05) is 0 Å². The first-order chi connectivity index (χ1) is 9.77. The van der Waals surface area contributed by atoms with Gasteiger partial charge in [-0.3, -0.25) is 4.79 Å². The highest BCUT2D eigenvalue weighted by molar-refractivity contribution is 5.82. The molecule has 4 fully saturated rings. The van der Waals surface area contributed by atoms with Gasteiger partial charge < -0.3 is 4.90 Å². The minimum Gasteiger partial charge on any atom is -0.342 e. The van der Waals surface area contributed by atoms with Crippen LogP contribution in [0.15, 0.2) is 0 Å². The number of hydrogen-bond donors (Lipinski definition) is 0. The van der Waals surface area contributed by atoms with Crippen molar-refractivity contribution in [3.05, 3.63) is 0 Å². The van der Waals surface area contributed by atoms with Crippen molar-refractivity contribution in [2.75, 3.05) is 13.1 Å². The van der Waals surface area contributed by atoms with Crippen molar-refractivity contribution in [1.29, 1.82) is 0 Å². The smallest absolute Gasteiger partial charge is 0.228 e. The van der Waals surface area contributed by atoms with Gasteiger partial charge in [-0.05, 0) is 68.1 Å². The van der Waals surface area contributed by atoms with Gasteiger partial charge in [0, 0.05) is 18.5 Å². The Balaban J connectivity index is 1.74. The number of piperidine rings is 1. The zero-order valence-corrected chi connectivity index (χ0v) is 14.5. The van der Waals surface area contributed by atoms with Gasteiger partial charge >= 0.3 is 0 Å². The lowest BCUT2D eigenvalue weighted by molar-refractivity contribution is -0.148. The van der Waals surface area contributed by atoms with Crippen molar-refractivity contribution in [1.82, 2.24) is 4.90 Å². The molecule has 4 rings (SSSR count). The maximum Gasteiger partial charge on any atom is 0.228 e. The van der Waals surface area contributed by atoms with Gasteiger partial charge in [0.15, 0.2) is 0 Å². The summed E-state index contributed by atoms with van der Waals surface area (Å²) < 4.78 is 0. The van der Waals surface area contributed by atoms with Crippen molar-refractivity contribution >= 4 is 5.91 Å². The van der Waals surface area contributed by atoms with Gasteiger partial charge in [0.2, 0.25) is 5.91 Å². The monoisotopic (exact) mass is 291 g/mol. The number of fused-ring (bicyclic) bond motifs is 4. The normalized spacial score (nSPS) is 42.7. The number of amides is 1. The van der Waals surface area contributed by atoms with E-state index in [4.69, 9.17) is 0 Å². The van der Waals surface area contributed by atoms with E-state index >= 15 is 0 Å². The van der Waals surface area contributed by atoms with Crippen LogP contribution in [0.1, 0.15) is 72.6 Å². The van der Waals surface area contributed by atoms with Gasteiger partial charge in [-0.15, -0.1) is 0 Å². The molecule has 0 radical (unpaired) electrons. The highest BCUT2D eigenvalue weighted by Gasteiger charge is 2.46. The van der Waals surface area contributed by atoms with Crippen molar-refractivity contribution in [2.45, 2.75) is 72.6 Å². The Kier molecular flexibility index (Phi) is 3.86. The van der Waals surface area contributed by atoms with Crippen molar-refractivity contribution < 1.29 is 4.79 Å². The number of carbonyl (C=O) groups is 1. The van der Waals surface area contributed by atoms with E-state index in [0.29, 0.717) is 17.2 Å². The summed E-state index contributed by atoms with van der Waals surface area (Å²) in [6, 6.07) is 0. The summed E-state index contributed by atoms with van der Waals surface area (Å²) in [4.78, 5) is 15.5. The van der Waals surface area contributed by atoms with E-state index < -0.39 is 0 Å². The molecule has 1 heterocycles. The molecule has 1 aliphatic heterocycles. The van der Waals surface area contributed by atoms with Gasteiger partial charge in [-0.2, -0.15) is 0 Å². The minimum atomic E-state index is -0.0944. The molecule has 0 aromatic rings. The molecule has 0 N–H and O–H groups in total. The van der Waals surface area contributed by atoms with Crippen molar-refractivity contribution in [3.63, 3.8) is 0 Å². The van der Waals surface area contributed by atoms with Gasteiger partial charge in [0.05, 0.1) is 0 Å². The van der Waals surface area contributed by atoms with Crippen LogP contribution in [0.25, 0.3) is 0 Å². The molecule has 2 bridgehead atoms. The van der Waals surface area contributed by atoms with Crippen molar-refractivity contribution in [3.8, 4) is 0 Å². The molecule has 1 saturated heterocycles. The predicted octanol–water partition coefficient (Wildman–Crippen LogP) is 4.49. The van der Waals surface area contributed by atoms with E-state index in [2.05, 4.69) is 32.6 Å². The molecule has 3 saturated carbocycles. The van der Waals surface area contributed by atoms with Crippen LogP contribution in [0.3, 0.4) is 0 Å². The van der Waals surface area contributed by atoms with E-state index in [-0.39, 0.29) is 5.41 Å². The largest absolute Gasteiger partial charge is 0.342 e. The number of carbonyl (C=O) groups excluding carboxylic acids is 1. The number of nitrogens with zero attached hydrogens (tertiary/aromatic N) is 1. The maximum absolute atomic E-state index is 13.3. The van der Waals surface area contributed by atoms with E-state index in [1.54, 1.807) is 0 Å². The zero-order valence-electron chi connectivity index (χ0n) is 14.5. The molecular weight excluding hydrogens is 258 g/mol. The Morgan fingerprint density at radius 3 is 2.43 bits per heavy atom. The molecular formula is C19H33NO. The van der Waals surface area contributed by atoms with Crippen LogP contribution in [0.2, 0.25) is 0 Å². The van der Waals surface area contributed by atoms with Gasteiger partial charge in [-0.25, -0.2) is 0 Å². The molecule has 120 valence electrons. The summed E-state index contributed by atoms with van der Waals surface area (Å²) in [5.41, 5.74) is 0.210. The Morgan fingerprint density at radius 2 is 1.76 bits per heavy atom. The maximum atomic E-state index is 13.3. The first kappa shape index (κ1) is 15.4.